The summed E-state index contributed by atoms with van der Waals surface area (Å²) in [6.07, 6.45) is 2.48. The van der Waals surface area contributed by atoms with Gasteiger partial charge in [-0.3, -0.25) is 9.59 Å². The molecule has 0 aliphatic heterocycles. The average Bonchev–Trinajstić information content (AvgIpc) is 3.07. The van der Waals surface area contributed by atoms with Crippen LogP contribution in [0.1, 0.15) is 47.0 Å². The number of carboxylic acid groups (broad SMARTS) is 1. The van der Waals surface area contributed by atoms with E-state index in [2.05, 4.69) is 27.7 Å². The van der Waals surface area contributed by atoms with Crippen molar-refractivity contribution in [2.75, 3.05) is 13.1 Å². The van der Waals surface area contributed by atoms with Gasteiger partial charge in [-0.25, -0.2) is 0 Å². The summed E-state index contributed by atoms with van der Waals surface area (Å²) in [5, 5.41) is 8.92. The Labute approximate surface area is 116 Å². The van der Waals surface area contributed by atoms with Gasteiger partial charge < -0.3 is 10.0 Å². The van der Waals surface area contributed by atoms with Crippen LogP contribution in [0, 0.1) is 23.7 Å². The minimum Gasteiger partial charge on any atom is -0.481 e. The first-order valence-electron chi connectivity index (χ1n) is 7.34. The molecule has 1 aliphatic carbocycles. The lowest BCUT2D eigenvalue weighted by Crippen LogP contribution is -2.36. The predicted octanol–water partition coefficient (Wildman–Crippen LogP) is 2.63. The highest BCUT2D eigenvalue weighted by Gasteiger charge is 2.49. The van der Waals surface area contributed by atoms with E-state index in [0.29, 0.717) is 18.3 Å². The maximum Gasteiger partial charge on any atom is 0.307 e. The first kappa shape index (κ1) is 16.0. The fourth-order valence-electron chi connectivity index (χ4n) is 2.14. The number of carbonyl (C=O) groups is 2. The average molecular weight is 269 g/mol. The SMILES string of the molecule is CC(C)CCN(CCC(C)C)C(=O)C1CC1C(=O)O. The van der Waals surface area contributed by atoms with Crippen molar-refractivity contribution in [3.63, 3.8) is 0 Å². The van der Waals surface area contributed by atoms with Crippen molar-refractivity contribution in [2.45, 2.75) is 47.0 Å². The Balaban J connectivity index is 2.52. The molecule has 110 valence electrons. The van der Waals surface area contributed by atoms with Crippen LogP contribution < -0.4 is 0 Å². The van der Waals surface area contributed by atoms with Crippen LogP contribution in [0.4, 0.5) is 0 Å². The smallest absolute Gasteiger partial charge is 0.307 e. The summed E-state index contributed by atoms with van der Waals surface area (Å²) in [6.45, 7) is 10.1. The molecule has 0 aromatic carbocycles. The van der Waals surface area contributed by atoms with Crippen LogP contribution in [0.25, 0.3) is 0 Å². The molecule has 0 spiro atoms. The van der Waals surface area contributed by atoms with E-state index < -0.39 is 11.9 Å². The van der Waals surface area contributed by atoms with Gasteiger partial charge in [0, 0.05) is 13.1 Å². The molecular formula is C15H27NO3. The van der Waals surface area contributed by atoms with Crippen LogP contribution in [0.15, 0.2) is 0 Å². The summed E-state index contributed by atoms with van der Waals surface area (Å²) in [7, 11) is 0. The summed E-state index contributed by atoms with van der Waals surface area (Å²) in [6, 6.07) is 0. The molecule has 1 saturated carbocycles. The van der Waals surface area contributed by atoms with E-state index in [1.165, 1.54) is 0 Å². The van der Waals surface area contributed by atoms with Gasteiger partial charge in [0.25, 0.3) is 0 Å². The van der Waals surface area contributed by atoms with Gasteiger partial charge in [-0.15, -0.1) is 0 Å². The van der Waals surface area contributed by atoms with E-state index >= 15 is 0 Å². The Morgan fingerprint density at radius 3 is 1.84 bits per heavy atom. The zero-order valence-electron chi connectivity index (χ0n) is 12.6. The summed E-state index contributed by atoms with van der Waals surface area (Å²) in [5.74, 6) is -0.364. The quantitative estimate of drug-likeness (QED) is 0.737. The highest BCUT2D eigenvalue weighted by Crippen LogP contribution is 2.40. The van der Waals surface area contributed by atoms with Crippen LogP contribution >= 0.6 is 0 Å². The molecule has 1 aliphatic rings. The number of aliphatic carboxylic acids is 1. The number of amides is 1. The van der Waals surface area contributed by atoms with E-state index in [0.717, 1.165) is 25.9 Å². The fraction of sp³-hybridized carbons (Fsp3) is 0.867. The van der Waals surface area contributed by atoms with Crippen molar-refractivity contribution in [2.24, 2.45) is 23.7 Å². The van der Waals surface area contributed by atoms with Gasteiger partial charge in [0.15, 0.2) is 0 Å². The molecule has 0 radical (unpaired) electrons. The molecule has 1 fully saturated rings. The lowest BCUT2D eigenvalue weighted by Gasteiger charge is -2.24. The zero-order valence-corrected chi connectivity index (χ0v) is 12.6. The predicted molar refractivity (Wildman–Crippen MR) is 74.7 cm³/mol. The second kappa shape index (κ2) is 6.92. The number of hydrogen-bond acceptors (Lipinski definition) is 2. The molecule has 1 rings (SSSR count). The Hall–Kier alpha value is -1.06. The molecule has 1 amide bonds. The van der Waals surface area contributed by atoms with Gasteiger partial charge in [-0.05, 0) is 31.1 Å². The van der Waals surface area contributed by atoms with Crippen LogP contribution in [-0.2, 0) is 9.59 Å². The monoisotopic (exact) mass is 269 g/mol. The lowest BCUT2D eigenvalue weighted by atomic mass is 10.1. The van der Waals surface area contributed by atoms with E-state index in [1.54, 1.807) is 0 Å². The van der Waals surface area contributed by atoms with Crippen molar-refractivity contribution in [3.05, 3.63) is 0 Å². The number of rotatable bonds is 8. The second-order valence-electron chi connectivity index (χ2n) is 6.48. The van der Waals surface area contributed by atoms with Gasteiger partial charge in [0.1, 0.15) is 0 Å². The van der Waals surface area contributed by atoms with Crippen molar-refractivity contribution in [1.29, 1.82) is 0 Å². The summed E-state index contributed by atoms with van der Waals surface area (Å²) in [5.41, 5.74) is 0. The molecule has 0 bridgehead atoms. The Morgan fingerprint density at radius 2 is 1.53 bits per heavy atom. The highest BCUT2D eigenvalue weighted by atomic mass is 16.4. The number of hydrogen-bond donors (Lipinski definition) is 1. The third-order valence-corrected chi connectivity index (χ3v) is 3.69. The van der Waals surface area contributed by atoms with Gasteiger partial charge in [0.2, 0.25) is 5.91 Å². The summed E-state index contributed by atoms with van der Waals surface area (Å²) in [4.78, 5) is 25.1. The molecule has 2 atom stereocenters. The Morgan fingerprint density at radius 1 is 1.05 bits per heavy atom. The number of carboxylic acids is 1. The van der Waals surface area contributed by atoms with Crippen LogP contribution in [-0.4, -0.2) is 35.0 Å². The third kappa shape index (κ3) is 5.21. The van der Waals surface area contributed by atoms with Crippen molar-refractivity contribution >= 4 is 11.9 Å². The maximum absolute atomic E-state index is 12.3. The lowest BCUT2D eigenvalue weighted by molar-refractivity contribution is -0.142. The molecule has 19 heavy (non-hydrogen) atoms. The normalized spacial score (nSPS) is 21.8. The number of nitrogens with zero attached hydrogens (tertiary/aromatic N) is 1. The van der Waals surface area contributed by atoms with E-state index in [1.807, 2.05) is 4.90 Å². The topological polar surface area (TPSA) is 57.6 Å². The van der Waals surface area contributed by atoms with E-state index in [-0.39, 0.29) is 11.8 Å². The van der Waals surface area contributed by atoms with Crippen molar-refractivity contribution in [3.8, 4) is 0 Å². The fourth-order valence-corrected chi connectivity index (χ4v) is 2.14. The van der Waals surface area contributed by atoms with Crippen LogP contribution in [0.5, 0.6) is 0 Å². The molecule has 1 N–H and O–H groups in total. The number of carbonyl (C=O) groups excluding carboxylic acids is 1. The third-order valence-electron chi connectivity index (χ3n) is 3.69. The molecule has 0 saturated heterocycles. The Bertz CT molecular complexity index is 313. The first-order valence-corrected chi connectivity index (χ1v) is 7.34. The molecular weight excluding hydrogens is 242 g/mol. The minimum absolute atomic E-state index is 0.0497. The van der Waals surface area contributed by atoms with Crippen molar-refractivity contribution < 1.29 is 14.7 Å². The van der Waals surface area contributed by atoms with Gasteiger partial charge in [0.05, 0.1) is 11.8 Å². The standard InChI is InChI=1S/C15H27NO3/c1-10(2)5-7-16(8-6-11(3)4)14(17)12-9-13(12)15(18)19/h10-13H,5-9H2,1-4H3,(H,18,19). The molecule has 4 heteroatoms. The molecule has 4 nitrogen and oxygen atoms in total. The van der Waals surface area contributed by atoms with Crippen LogP contribution in [0.2, 0.25) is 0 Å². The van der Waals surface area contributed by atoms with E-state index in [9.17, 15) is 9.59 Å². The summed E-state index contributed by atoms with van der Waals surface area (Å²) >= 11 is 0. The molecule has 0 aromatic heterocycles. The van der Waals surface area contributed by atoms with Gasteiger partial charge >= 0.3 is 5.97 Å². The molecule has 0 heterocycles. The van der Waals surface area contributed by atoms with Crippen molar-refractivity contribution in [1.82, 2.24) is 4.90 Å². The zero-order chi connectivity index (χ0) is 14.6. The summed E-state index contributed by atoms with van der Waals surface area (Å²) < 4.78 is 0. The Kier molecular flexibility index (Phi) is 5.83. The van der Waals surface area contributed by atoms with Gasteiger partial charge in [-0.1, -0.05) is 27.7 Å². The van der Waals surface area contributed by atoms with E-state index in [4.69, 9.17) is 5.11 Å². The second-order valence-corrected chi connectivity index (χ2v) is 6.48. The maximum atomic E-state index is 12.3. The largest absolute Gasteiger partial charge is 0.481 e. The highest BCUT2D eigenvalue weighted by molar-refractivity contribution is 5.89. The van der Waals surface area contributed by atoms with Gasteiger partial charge in [-0.2, -0.15) is 0 Å². The molecule has 2 unspecified atom stereocenters. The van der Waals surface area contributed by atoms with Crippen LogP contribution in [0.3, 0.4) is 0 Å². The molecule has 0 aromatic rings. The first-order chi connectivity index (χ1) is 8.82. The minimum atomic E-state index is -0.828.